The molecule has 0 radical (unpaired) electrons. The van der Waals surface area contributed by atoms with Crippen LogP contribution in [0.15, 0.2) is 30.3 Å². The number of aromatic hydroxyl groups is 2. The molecule has 3 nitrogen and oxygen atoms in total. The molecule has 0 atom stereocenters. The number of benzene rings is 2. The van der Waals surface area contributed by atoms with Gasteiger partial charge in [0.05, 0.1) is 0 Å². The second-order valence-electron chi connectivity index (χ2n) is 3.69. The van der Waals surface area contributed by atoms with Crippen molar-refractivity contribution in [3.63, 3.8) is 0 Å². The Kier molecular flexibility index (Phi) is 2.65. The Bertz CT molecular complexity index is 632. The van der Waals surface area contributed by atoms with Gasteiger partial charge in [0, 0.05) is 16.3 Å². The van der Waals surface area contributed by atoms with E-state index in [1.807, 2.05) is 0 Å². The molecule has 2 aromatic carbocycles. The molecular formula is C12H7F3O3. The second kappa shape index (κ2) is 3.90. The predicted molar refractivity (Wildman–Crippen MR) is 57.7 cm³/mol. The molecule has 0 heterocycles. The molecule has 0 aliphatic rings. The van der Waals surface area contributed by atoms with E-state index in [4.69, 9.17) is 0 Å². The van der Waals surface area contributed by atoms with Gasteiger partial charge in [-0.1, -0.05) is 6.07 Å². The standard InChI is InChI=1S/C12H7F3O3/c13-12(14,15)11(18)6-1-2-7-8(5-6)10(17)4-3-9(7)16/h1-5,16-17H. The van der Waals surface area contributed by atoms with Crippen molar-refractivity contribution in [1.82, 2.24) is 0 Å². The summed E-state index contributed by atoms with van der Waals surface area (Å²) in [6, 6.07) is 5.36. The molecule has 0 amide bonds. The van der Waals surface area contributed by atoms with E-state index in [1.165, 1.54) is 6.07 Å². The van der Waals surface area contributed by atoms with E-state index in [-0.39, 0.29) is 22.3 Å². The maximum absolute atomic E-state index is 12.3. The van der Waals surface area contributed by atoms with Crippen LogP contribution in [0, 0.1) is 0 Å². The topological polar surface area (TPSA) is 57.5 Å². The lowest BCUT2D eigenvalue weighted by Gasteiger charge is -2.08. The molecule has 0 bridgehead atoms. The molecule has 0 saturated heterocycles. The lowest BCUT2D eigenvalue weighted by atomic mass is 10.0. The Hall–Kier alpha value is -2.24. The first kappa shape index (κ1) is 12.2. The van der Waals surface area contributed by atoms with Gasteiger partial charge in [0.25, 0.3) is 5.78 Å². The minimum absolute atomic E-state index is 0.00917. The van der Waals surface area contributed by atoms with Gasteiger partial charge < -0.3 is 10.2 Å². The summed E-state index contributed by atoms with van der Waals surface area (Å²) in [7, 11) is 0. The highest BCUT2D eigenvalue weighted by atomic mass is 19.4. The molecule has 2 N–H and O–H groups in total. The van der Waals surface area contributed by atoms with E-state index in [1.54, 1.807) is 0 Å². The fraction of sp³-hybridized carbons (Fsp3) is 0.0833. The smallest absolute Gasteiger partial charge is 0.454 e. The van der Waals surface area contributed by atoms with Crippen LogP contribution in [0.4, 0.5) is 13.2 Å². The molecule has 0 unspecified atom stereocenters. The number of carbonyl (C=O) groups excluding carboxylic acids is 1. The SMILES string of the molecule is O=C(c1ccc2c(O)ccc(O)c2c1)C(F)(F)F. The highest BCUT2D eigenvalue weighted by Crippen LogP contribution is 2.33. The number of halogens is 3. The Balaban J connectivity index is 2.65. The van der Waals surface area contributed by atoms with Crippen LogP contribution in [-0.4, -0.2) is 22.2 Å². The number of phenolic OH excluding ortho intramolecular Hbond substituents is 2. The van der Waals surface area contributed by atoms with Crippen LogP contribution in [0.3, 0.4) is 0 Å². The van der Waals surface area contributed by atoms with E-state index in [0.29, 0.717) is 0 Å². The molecule has 2 rings (SSSR count). The molecule has 18 heavy (non-hydrogen) atoms. The Morgan fingerprint density at radius 2 is 1.50 bits per heavy atom. The third-order valence-corrected chi connectivity index (χ3v) is 2.49. The molecular weight excluding hydrogens is 249 g/mol. The van der Waals surface area contributed by atoms with E-state index >= 15 is 0 Å². The molecule has 6 heteroatoms. The van der Waals surface area contributed by atoms with Gasteiger partial charge in [0.2, 0.25) is 0 Å². The van der Waals surface area contributed by atoms with E-state index in [2.05, 4.69) is 0 Å². The average molecular weight is 256 g/mol. The van der Waals surface area contributed by atoms with Crippen LogP contribution in [0.1, 0.15) is 10.4 Å². The maximum atomic E-state index is 12.3. The monoisotopic (exact) mass is 256 g/mol. The first-order chi connectivity index (χ1) is 8.30. The number of rotatable bonds is 1. The molecule has 2 aromatic rings. The van der Waals surface area contributed by atoms with Gasteiger partial charge in [-0.05, 0) is 24.3 Å². The zero-order chi connectivity index (χ0) is 13.5. The van der Waals surface area contributed by atoms with Crippen molar-refractivity contribution >= 4 is 16.6 Å². The summed E-state index contributed by atoms with van der Waals surface area (Å²) in [5, 5.41) is 19.1. The number of ketones is 1. The maximum Gasteiger partial charge on any atom is 0.454 e. The third-order valence-electron chi connectivity index (χ3n) is 2.49. The number of alkyl halides is 3. The minimum Gasteiger partial charge on any atom is -0.507 e. The summed E-state index contributed by atoms with van der Waals surface area (Å²) in [5.74, 6) is -2.49. The van der Waals surface area contributed by atoms with Crippen molar-refractivity contribution in [1.29, 1.82) is 0 Å². The lowest BCUT2D eigenvalue weighted by Crippen LogP contribution is -2.22. The number of carbonyl (C=O) groups is 1. The first-order valence-electron chi connectivity index (χ1n) is 4.87. The van der Waals surface area contributed by atoms with Gasteiger partial charge >= 0.3 is 6.18 Å². The van der Waals surface area contributed by atoms with Gasteiger partial charge in [-0.2, -0.15) is 13.2 Å². The molecule has 0 spiro atoms. The fourth-order valence-corrected chi connectivity index (χ4v) is 1.62. The largest absolute Gasteiger partial charge is 0.507 e. The number of phenols is 2. The number of Topliss-reactive ketones (excluding diaryl/α,β-unsaturated/α-hetero) is 1. The molecule has 0 fully saturated rings. The summed E-state index contributed by atoms with van der Waals surface area (Å²) in [6.07, 6.45) is -4.97. The van der Waals surface area contributed by atoms with Gasteiger partial charge in [-0.3, -0.25) is 4.79 Å². The summed E-state index contributed by atoms with van der Waals surface area (Å²) in [6.45, 7) is 0. The van der Waals surface area contributed by atoms with Gasteiger partial charge in [-0.25, -0.2) is 0 Å². The number of hydrogen-bond donors (Lipinski definition) is 2. The van der Waals surface area contributed by atoms with Crippen LogP contribution in [-0.2, 0) is 0 Å². The van der Waals surface area contributed by atoms with Crippen LogP contribution in [0.25, 0.3) is 10.8 Å². The van der Waals surface area contributed by atoms with Gasteiger partial charge in [-0.15, -0.1) is 0 Å². The molecule has 94 valence electrons. The number of fused-ring (bicyclic) bond motifs is 1. The van der Waals surface area contributed by atoms with E-state index in [9.17, 15) is 28.2 Å². The molecule has 0 aliphatic heterocycles. The van der Waals surface area contributed by atoms with Crippen LogP contribution < -0.4 is 0 Å². The van der Waals surface area contributed by atoms with Crippen molar-refractivity contribution in [2.24, 2.45) is 0 Å². The molecule has 0 saturated carbocycles. The summed E-state index contributed by atoms with van der Waals surface area (Å²) in [5.41, 5.74) is -0.587. The van der Waals surface area contributed by atoms with E-state index < -0.39 is 17.5 Å². The average Bonchev–Trinajstić information content (AvgIpc) is 2.31. The van der Waals surface area contributed by atoms with Crippen LogP contribution in [0.5, 0.6) is 11.5 Å². The van der Waals surface area contributed by atoms with Gasteiger partial charge in [0.15, 0.2) is 0 Å². The van der Waals surface area contributed by atoms with E-state index in [0.717, 1.165) is 24.3 Å². The minimum atomic E-state index is -4.97. The Morgan fingerprint density at radius 1 is 0.944 bits per heavy atom. The zero-order valence-electron chi connectivity index (χ0n) is 8.82. The van der Waals surface area contributed by atoms with Crippen molar-refractivity contribution < 1.29 is 28.2 Å². The Labute approximate surface area is 99.1 Å². The zero-order valence-corrected chi connectivity index (χ0v) is 8.82. The van der Waals surface area contributed by atoms with Crippen molar-refractivity contribution in [2.45, 2.75) is 6.18 Å². The summed E-state index contributed by atoms with van der Waals surface area (Å²) < 4.78 is 36.8. The first-order valence-corrected chi connectivity index (χ1v) is 4.87. The number of hydrogen-bond acceptors (Lipinski definition) is 3. The van der Waals surface area contributed by atoms with Crippen molar-refractivity contribution in [2.75, 3.05) is 0 Å². The fourth-order valence-electron chi connectivity index (χ4n) is 1.62. The van der Waals surface area contributed by atoms with Crippen LogP contribution >= 0.6 is 0 Å². The quantitative estimate of drug-likeness (QED) is 0.609. The highest BCUT2D eigenvalue weighted by Gasteiger charge is 2.39. The molecule has 0 aromatic heterocycles. The third kappa shape index (κ3) is 1.97. The Morgan fingerprint density at radius 3 is 2.06 bits per heavy atom. The van der Waals surface area contributed by atoms with Gasteiger partial charge in [0.1, 0.15) is 11.5 Å². The van der Waals surface area contributed by atoms with Crippen molar-refractivity contribution in [3.05, 3.63) is 35.9 Å². The summed E-state index contributed by atoms with van der Waals surface area (Å²) >= 11 is 0. The summed E-state index contributed by atoms with van der Waals surface area (Å²) in [4.78, 5) is 11.0. The van der Waals surface area contributed by atoms with Crippen LogP contribution in [0.2, 0.25) is 0 Å². The highest BCUT2D eigenvalue weighted by molar-refractivity contribution is 6.05. The normalized spacial score (nSPS) is 11.7. The lowest BCUT2D eigenvalue weighted by molar-refractivity contribution is -0.0885. The predicted octanol–water partition coefficient (Wildman–Crippen LogP) is 3.00. The van der Waals surface area contributed by atoms with Crippen molar-refractivity contribution in [3.8, 4) is 11.5 Å². The molecule has 0 aliphatic carbocycles. The second-order valence-corrected chi connectivity index (χ2v) is 3.69.